The first kappa shape index (κ1) is 46.1. The van der Waals surface area contributed by atoms with Crippen LogP contribution in [-0.2, 0) is 28.6 Å². The third-order valence-corrected chi connectivity index (χ3v) is 9.16. The van der Waals surface area contributed by atoms with E-state index in [1.165, 1.54) is 128 Å². The SMILES string of the molecule is CCC/C=C(\C)C(=O)OC(COC(=O)CCCCCCCCCCCCCCC)COC(=O)CCCCCCCCCCCCCCC. The molecule has 0 aromatic carbocycles. The Hall–Kier alpha value is -1.85. The highest BCUT2D eigenvalue weighted by Crippen LogP contribution is 2.15. The Bertz CT molecular complexity index is 730. The topological polar surface area (TPSA) is 78.9 Å². The van der Waals surface area contributed by atoms with Crippen LogP contribution in [0, 0.1) is 0 Å². The zero-order valence-corrected chi connectivity index (χ0v) is 32.2. The Balaban J connectivity index is 4.19. The third-order valence-electron chi connectivity index (χ3n) is 9.16. The molecule has 0 aliphatic rings. The molecule has 0 atom stereocenters. The predicted octanol–water partition coefficient (Wildman–Crippen LogP) is 12.7. The minimum atomic E-state index is -0.811. The number of esters is 3. The third kappa shape index (κ3) is 32.7. The fourth-order valence-electron chi connectivity index (χ4n) is 5.89. The molecular weight excluding hydrogens is 600 g/mol. The first-order chi connectivity index (χ1) is 23.4. The zero-order chi connectivity index (χ0) is 35.3. The van der Waals surface area contributed by atoms with E-state index in [2.05, 4.69) is 13.8 Å². The first-order valence-corrected chi connectivity index (χ1v) is 20.6. The molecule has 0 saturated heterocycles. The molecule has 0 spiro atoms. The lowest BCUT2D eigenvalue weighted by molar-refractivity contribution is -0.164. The Morgan fingerprint density at radius 3 is 1.08 bits per heavy atom. The van der Waals surface area contributed by atoms with E-state index in [4.69, 9.17) is 14.2 Å². The second-order valence-corrected chi connectivity index (χ2v) is 14.1. The van der Waals surface area contributed by atoms with Gasteiger partial charge in [0.15, 0.2) is 6.10 Å². The van der Waals surface area contributed by atoms with Gasteiger partial charge < -0.3 is 14.2 Å². The molecule has 6 heteroatoms. The van der Waals surface area contributed by atoms with Crippen molar-refractivity contribution in [3.8, 4) is 0 Å². The minimum Gasteiger partial charge on any atom is -0.462 e. The molecule has 0 aromatic rings. The van der Waals surface area contributed by atoms with Gasteiger partial charge in [0.05, 0.1) is 0 Å². The average molecular weight is 679 g/mol. The number of carbonyl (C=O) groups is 3. The maximum Gasteiger partial charge on any atom is 0.333 e. The van der Waals surface area contributed by atoms with Crippen LogP contribution in [0.3, 0.4) is 0 Å². The van der Waals surface area contributed by atoms with Gasteiger partial charge >= 0.3 is 17.9 Å². The average Bonchev–Trinajstić information content (AvgIpc) is 3.08. The van der Waals surface area contributed by atoms with Crippen molar-refractivity contribution in [2.24, 2.45) is 0 Å². The summed E-state index contributed by atoms with van der Waals surface area (Å²) in [7, 11) is 0. The normalized spacial score (nSPS) is 11.6. The molecule has 0 fully saturated rings. The molecule has 6 nitrogen and oxygen atoms in total. The van der Waals surface area contributed by atoms with Crippen LogP contribution in [0.4, 0.5) is 0 Å². The molecule has 0 saturated carbocycles. The number of allylic oxidation sites excluding steroid dienone is 1. The maximum atomic E-state index is 12.6. The lowest BCUT2D eigenvalue weighted by Crippen LogP contribution is -2.31. The van der Waals surface area contributed by atoms with Gasteiger partial charge in [0.1, 0.15) is 13.2 Å². The summed E-state index contributed by atoms with van der Waals surface area (Å²) in [6, 6.07) is 0. The molecular formula is C42H78O6. The number of hydrogen-bond acceptors (Lipinski definition) is 6. The molecule has 0 unspecified atom stereocenters. The van der Waals surface area contributed by atoms with Gasteiger partial charge in [0.2, 0.25) is 0 Å². The van der Waals surface area contributed by atoms with Crippen molar-refractivity contribution >= 4 is 17.9 Å². The van der Waals surface area contributed by atoms with Gasteiger partial charge in [-0.05, 0) is 26.2 Å². The summed E-state index contributed by atoms with van der Waals surface area (Å²) in [5.41, 5.74) is 0.512. The van der Waals surface area contributed by atoms with Crippen LogP contribution in [0.5, 0.6) is 0 Å². The van der Waals surface area contributed by atoms with E-state index >= 15 is 0 Å². The fraction of sp³-hybridized carbons (Fsp3) is 0.881. The number of unbranched alkanes of at least 4 members (excludes halogenated alkanes) is 25. The molecule has 48 heavy (non-hydrogen) atoms. The number of carbonyl (C=O) groups excluding carboxylic acids is 3. The molecule has 0 aromatic heterocycles. The highest BCUT2D eigenvalue weighted by molar-refractivity contribution is 5.87. The van der Waals surface area contributed by atoms with Gasteiger partial charge in [-0.1, -0.05) is 187 Å². The Kier molecular flexibility index (Phi) is 35.0. The van der Waals surface area contributed by atoms with Crippen molar-refractivity contribution in [3.05, 3.63) is 11.6 Å². The van der Waals surface area contributed by atoms with E-state index in [0.29, 0.717) is 18.4 Å². The van der Waals surface area contributed by atoms with Gasteiger partial charge in [-0.3, -0.25) is 9.59 Å². The van der Waals surface area contributed by atoms with Crippen LogP contribution in [0.25, 0.3) is 0 Å². The van der Waals surface area contributed by atoms with Crippen molar-refractivity contribution < 1.29 is 28.6 Å². The highest BCUT2D eigenvalue weighted by Gasteiger charge is 2.20. The molecule has 0 N–H and O–H groups in total. The van der Waals surface area contributed by atoms with Crippen molar-refractivity contribution in [1.82, 2.24) is 0 Å². The van der Waals surface area contributed by atoms with E-state index in [0.717, 1.165) is 51.4 Å². The van der Waals surface area contributed by atoms with Crippen LogP contribution in [0.2, 0.25) is 0 Å². The zero-order valence-electron chi connectivity index (χ0n) is 32.2. The summed E-state index contributed by atoms with van der Waals surface area (Å²) in [4.78, 5) is 37.4. The largest absolute Gasteiger partial charge is 0.462 e. The van der Waals surface area contributed by atoms with Gasteiger partial charge in [0, 0.05) is 18.4 Å². The Morgan fingerprint density at radius 1 is 0.458 bits per heavy atom. The number of ether oxygens (including phenoxy) is 3. The van der Waals surface area contributed by atoms with Crippen LogP contribution in [0.1, 0.15) is 220 Å². The lowest BCUT2D eigenvalue weighted by Gasteiger charge is -2.18. The smallest absolute Gasteiger partial charge is 0.333 e. The summed E-state index contributed by atoms with van der Waals surface area (Å²) in [5.74, 6) is -1.06. The summed E-state index contributed by atoms with van der Waals surface area (Å²) in [6.45, 7) is 8.08. The lowest BCUT2D eigenvalue weighted by atomic mass is 10.0. The second-order valence-electron chi connectivity index (χ2n) is 14.1. The highest BCUT2D eigenvalue weighted by atomic mass is 16.6. The van der Waals surface area contributed by atoms with Crippen LogP contribution >= 0.6 is 0 Å². The van der Waals surface area contributed by atoms with E-state index in [1.807, 2.05) is 13.0 Å². The van der Waals surface area contributed by atoms with E-state index < -0.39 is 12.1 Å². The standard InChI is InChI=1S/C42H78O6/c1-5-8-11-13-15-17-19-21-23-25-27-29-31-34-40(43)46-36-39(48-42(45)38(4)33-10-7-3)37-47-41(44)35-32-30-28-26-24-22-20-18-16-14-12-9-6-2/h33,39H,5-32,34-37H2,1-4H3/b38-33+. The summed E-state index contributed by atoms with van der Waals surface area (Å²) in [6.07, 6.45) is 36.0. The molecule has 0 aliphatic heterocycles. The second kappa shape index (κ2) is 36.4. The Labute approximate surface area is 297 Å². The molecule has 0 radical (unpaired) electrons. The Morgan fingerprint density at radius 2 is 0.771 bits per heavy atom. The van der Waals surface area contributed by atoms with Crippen molar-refractivity contribution in [3.63, 3.8) is 0 Å². The minimum absolute atomic E-state index is 0.101. The van der Waals surface area contributed by atoms with Crippen molar-refractivity contribution in [2.45, 2.75) is 226 Å². The molecule has 0 bridgehead atoms. The van der Waals surface area contributed by atoms with Crippen LogP contribution in [-0.4, -0.2) is 37.2 Å². The van der Waals surface area contributed by atoms with Gasteiger partial charge in [-0.15, -0.1) is 0 Å². The van der Waals surface area contributed by atoms with Crippen molar-refractivity contribution in [2.75, 3.05) is 13.2 Å². The maximum absolute atomic E-state index is 12.6. The number of hydrogen-bond donors (Lipinski definition) is 0. The fourth-order valence-corrected chi connectivity index (χ4v) is 5.89. The monoisotopic (exact) mass is 679 g/mol. The molecule has 0 aliphatic carbocycles. The van der Waals surface area contributed by atoms with Crippen molar-refractivity contribution in [1.29, 1.82) is 0 Å². The summed E-state index contributed by atoms with van der Waals surface area (Å²) in [5, 5.41) is 0. The summed E-state index contributed by atoms with van der Waals surface area (Å²) < 4.78 is 16.5. The van der Waals surface area contributed by atoms with E-state index in [1.54, 1.807) is 6.92 Å². The van der Waals surface area contributed by atoms with Gasteiger partial charge in [-0.2, -0.15) is 0 Å². The quantitative estimate of drug-likeness (QED) is 0.0284. The first-order valence-electron chi connectivity index (χ1n) is 20.6. The number of rotatable bonds is 36. The molecule has 0 heterocycles. The van der Waals surface area contributed by atoms with Gasteiger partial charge in [-0.25, -0.2) is 4.79 Å². The molecule has 0 amide bonds. The van der Waals surface area contributed by atoms with Crippen LogP contribution in [0.15, 0.2) is 11.6 Å². The predicted molar refractivity (Wildman–Crippen MR) is 201 cm³/mol. The van der Waals surface area contributed by atoms with E-state index in [-0.39, 0.29) is 25.2 Å². The molecule has 282 valence electrons. The van der Waals surface area contributed by atoms with Crippen LogP contribution < -0.4 is 0 Å². The summed E-state index contributed by atoms with van der Waals surface area (Å²) >= 11 is 0. The van der Waals surface area contributed by atoms with Gasteiger partial charge in [0.25, 0.3) is 0 Å². The molecule has 0 rings (SSSR count). The van der Waals surface area contributed by atoms with E-state index in [9.17, 15) is 14.4 Å².